The molecule has 1 saturated heterocycles. The molecule has 0 bridgehead atoms. The minimum atomic E-state index is -0.0531. The van der Waals surface area contributed by atoms with Gasteiger partial charge in [-0.2, -0.15) is 5.10 Å². The predicted octanol–water partition coefficient (Wildman–Crippen LogP) is 4.15. The van der Waals surface area contributed by atoms with Crippen molar-refractivity contribution in [2.24, 2.45) is 0 Å². The van der Waals surface area contributed by atoms with Crippen molar-refractivity contribution in [3.8, 4) is 21.8 Å². The van der Waals surface area contributed by atoms with E-state index < -0.39 is 0 Å². The van der Waals surface area contributed by atoms with Crippen LogP contribution in [-0.4, -0.2) is 74.9 Å². The van der Waals surface area contributed by atoms with E-state index in [0.29, 0.717) is 48.3 Å². The van der Waals surface area contributed by atoms with Crippen molar-refractivity contribution < 1.29 is 9.59 Å². The van der Waals surface area contributed by atoms with Gasteiger partial charge in [0.1, 0.15) is 5.82 Å². The van der Waals surface area contributed by atoms with Gasteiger partial charge in [0.25, 0.3) is 0 Å². The third-order valence-corrected chi connectivity index (χ3v) is 8.03. The number of fused-ring (bicyclic) bond motifs is 1. The summed E-state index contributed by atoms with van der Waals surface area (Å²) >= 11 is 1.63. The van der Waals surface area contributed by atoms with Gasteiger partial charge in [-0.25, -0.2) is 14.5 Å². The second-order valence-electron chi connectivity index (χ2n) is 9.52. The molecule has 5 rings (SSSR count). The smallest absolute Gasteiger partial charge is 0.239 e. The number of hydrogen-bond donors (Lipinski definition) is 1. The van der Waals surface area contributed by atoms with Crippen LogP contribution in [0.2, 0.25) is 0 Å². The van der Waals surface area contributed by atoms with E-state index in [2.05, 4.69) is 36.1 Å². The van der Waals surface area contributed by atoms with Crippen LogP contribution in [-0.2, 0) is 4.79 Å². The number of carbonyl (C=O) groups excluding carboxylic acids is 2. The number of hydrogen-bond acceptors (Lipinski definition) is 8. The number of rotatable bonds is 10. The Labute approximate surface area is 226 Å². The lowest BCUT2D eigenvalue weighted by Gasteiger charge is -2.28. The number of pyridine rings is 1. The molecule has 0 unspecified atom stereocenters. The van der Waals surface area contributed by atoms with E-state index in [1.807, 2.05) is 46.8 Å². The number of amides is 1. The predicted molar refractivity (Wildman–Crippen MR) is 151 cm³/mol. The van der Waals surface area contributed by atoms with Crippen LogP contribution in [0.4, 0.5) is 5.82 Å². The zero-order valence-electron chi connectivity index (χ0n) is 22.1. The largest absolute Gasteiger partial charge is 0.353 e. The molecule has 4 aromatic rings. The fourth-order valence-electron chi connectivity index (χ4n) is 4.94. The lowest BCUT2D eigenvalue weighted by atomic mass is 10.0. The highest BCUT2D eigenvalue weighted by atomic mass is 32.1. The molecule has 0 spiro atoms. The highest BCUT2D eigenvalue weighted by Gasteiger charge is 2.22. The molecule has 1 aliphatic heterocycles. The Kier molecular flexibility index (Phi) is 7.80. The first-order chi connectivity index (χ1) is 18.5. The number of nitrogens with zero attached hydrogens (tertiary/aromatic N) is 6. The molecule has 1 N–H and O–H groups in total. The molecule has 5 heterocycles. The standard InChI is InChI=1S/C28H33N7O2S/c1-4-33(5-2)19(3)8-9-24(36)20-15-23(31-26(16-20)34-13-11-29-27(37)18-34)21-17-30-35-12-10-22(32-28(21)35)25-7-6-14-38-25/h6-7,10,12,14-17,19H,4-5,8-9,11,13,18H2,1-3H3,(H,29,37)/t19-/m0/s1. The van der Waals surface area contributed by atoms with Crippen LogP contribution in [0.25, 0.3) is 27.5 Å². The summed E-state index contributed by atoms with van der Waals surface area (Å²) < 4.78 is 1.72. The van der Waals surface area contributed by atoms with Crippen molar-refractivity contribution in [2.75, 3.05) is 37.6 Å². The highest BCUT2D eigenvalue weighted by Crippen LogP contribution is 2.29. The molecule has 0 aromatic carbocycles. The molecule has 0 saturated carbocycles. The summed E-state index contributed by atoms with van der Waals surface area (Å²) in [7, 11) is 0. The second kappa shape index (κ2) is 11.4. The Morgan fingerprint density at radius 1 is 1.18 bits per heavy atom. The molecule has 1 amide bonds. The Bertz CT molecular complexity index is 1430. The number of Topliss-reactive ketones (excluding diaryl/α,β-unsaturated/α-hetero) is 1. The molecule has 1 aliphatic rings. The van der Waals surface area contributed by atoms with Crippen LogP contribution >= 0.6 is 11.3 Å². The first-order valence-corrected chi connectivity index (χ1v) is 14.0. The number of ketones is 1. The summed E-state index contributed by atoms with van der Waals surface area (Å²) in [6.07, 6.45) is 4.85. The molecule has 0 aliphatic carbocycles. The maximum absolute atomic E-state index is 13.5. The van der Waals surface area contributed by atoms with Crippen LogP contribution in [0.15, 0.2) is 48.1 Å². The van der Waals surface area contributed by atoms with Crippen LogP contribution in [0.3, 0.4) is 0 Å². The fourth-order valence-corrected chi connectivity index (χ4v) is 5.63. The van der Waals surface area contributed by atoms with Crippen molar-refractivity contribution in [3.05, 3.63) is 53.7 Å². The van der Waals surface area contributed by atoms with E-state index in [1.165, 1.54) is 0 Å². The van der Waals surface area contributed by atoms with E-state index in [9.17, 15) is 9.59 Å². The van der Waals surface area contributed by atoms with Gasteiger partial charge in [-0.1, -0.05) is 19.9 Å². The topological polar surface area (TPSA) is 95.7 Å². The first kappa shape index (κ1) is 26.0. The zero-order chi connectivity index (χ0) is 26.6. The summed E-state index contributed by atoms with van der Waals surface area (Å²) in [6.45, 7) is 9.76. The average Bonchev–Trinajstić information content (AvgIpc) is 3.62. The minimum absolute atomic E-state index is 0.0531. The first-order valence-electron chi connectivity index (χ1n) is 13.2. The maximum atomic E-state index is 13.5. The van der Waals surface area contributed by atoms with Crippen molar-refractivity contribution in [2.45, 2.75) is 39.7 Å². The summed E-state index contributed by atoms with van der Waals surface area (Å²) in [6, 6.07) is 9.97. The maximum Gasteiger partial charge on any atom is 0.239 e. The van der Waals surface area contributed by atoms with E-state index >= 15 is 0 Å². The number of piperazine rings is 1. The molecular weight excluding hydrogens is 498 g/mol. The summed E-state index contributed by atoms with van der Waals surface area (Å²) in [5, 5.41) is 9.38. The summed E-state index contributed by atoms with van der Waals surface area (Å²) in [4.78, 5) is 40.7. The average molecular weight is 532 g/mol. The van der Waals surface area contributed by atoms with Crippen LogP contribution in [0, 0.1) is 0 Å². The van der Waals surface area contributed by atoms with Gasteiger partial charge in [0.05, 0.1) is 34.6 Å². The molecule has 4 aromatic heterocycles. The second-order valence-corrected chi connectivity index (χ2v) is 10.5. The van der Waals surface area contributed by atoms with Crippen molar-refractivity contribution in [1.82, 2.24) is 29.8 Å². The third-order valence-electron chi connectivity index (χ3n) is 7.14. The van der Waals surface area contributed by atoms with Gasteiger partial charge in [-0.3, -0.25) is 9.59 Å². The Balaban J connectivity index is 1.52. The summed E-state index contributed by atoms with van der Waals surface area (Å²) in [5.74, 6) is 0.632. The van der Waals surface area contributed by atoms with E-state index in [4.69, 9.17) is 9.97 Å². The van der Waals surface area contributed by atoms with Gasteiger partial charge in [-0.05, 0) is 56.1 Å². The normalized spacial score (nSPS) is 14.7. The number of thiophene rings is 1. The number of carbonyl (C=O) groups is 2. The van der Waals surface area contributed by atoms with Crippen molar-refractivity contribution in [1.29, 1.82) is 0 Å². The van der Waals surface area contributed by atoms with E-state index in [0.717, 1.165) is 35.6 Å². The number of anilines is 1. The minimum Gasteiger partial charge on any atom is -0.353 e. The van der Waals surface area contributed by atoms with Crippen LogP contribution < -0.4 is 10.2 Å². The molecule has 0 radical (unpaired) electrons. The Morgan fingerprint density at radius 2 is 2.03 bits per heavy atom. The summed E-state index contributed by atoms with van der Waals surface area (Å²) in [5.41, 5.74) is 3.50. The van der Waals surface area contributed by atoms with Gasteiger partial charge in [-0.15, -0.1) is 11.3 Å². The number of aromatic nitrogens is 4. The van der Waals surface area contributed by atoms with Gasteiger partial charge in [0.15, 0.2) is 11.4 Å². The zero-order valence-corrected chi connectivity index (χ0v) is 22.9. The van der Waals surface area contributed by atoms with Crippen LogP contribution in [0.5, 0.6) is 0 Å². The highest BCUT2D eigenvalue weighted by molar-refractivity contribution is 7.13. The van der Waals surface area contributed by atoms with Gasteiger partial charge >= 0.3 is 0 Å². The quantitative estimate of drug-likeness (QED) is 0.307. The van der Waals surface area contributed by atoms with Crippen molar-refractivity contribution >= 4 is 34.5 Å². The SMILES string of the molecule is CCN(CC)[C@@H](C)CCC(=O)c1cc(-c2cnn3ccc(-c4cccs4)nc23)nc(N2CCNC(=O)C2)c1. The van der Waals surface area contributed by atoms with Gasteiger partial charge in [0, 0.05) is 37.3 Å². The van der Waals surface area contributed by atoms with E-state index in [1.54, 1.807) is 22.0 Å². The van der Waals surface area contributed by atoms with Crippen LogP contribution in [0.1, 0.15) is 44.0 Å². The fraction of sp³-hybridized carbons (Fsp3) is 0.393. The third kappa shape index (κ3) is 5.46. The van der Waals surface area contributed by atoms with Crippen molar-refractivity contribution in [3.63, 3.8) is 0 Å². The van der Waals surface area contributed by atoms with Gasteiger partial charge < -0.3 is 15.1 Å². The molecule has 1 atom stereocenters. The Morgan fingerprint density at radius 3 is 2.76 bits per heavy atom. The monoisotopic (exact) mass is 531 g/mol. The molecule has 198 valence electrons. The molecule has 9 nitrogen and oxygen atoms in total. The Hall–Kier alpha value is -3.63. The molecule has 10 heteroatoms. The number of nitrogens with one attached hydrogen (secondary N) is 1. The molecular formula is C28H33N7O2S. The van der Waals surface area contributed by atoms with Gasteiger partial charge in [0.2, 0.25) is 5.91 Å². The lowest BCUT2D eigenvalue weighted by molar-refractivity contribution is -0.120. The van der Waals surface area contributed by atoms with E-state index in [-0.39, 0.29) is 18.2 Å². The molecule has 38 heavy (non-hydrogen) atoms. The molecule has 1 fully saturated rings. The lowest BCUT2D eigenvalue weighted by Crippen LogP contribution is -2.48.